The number of benzene rings is 2. The lowest BCUT2D eigenvalue weighted by atomic mass is 9.84. The van der Waals surface area contributed by atoms with Gasteiger partial charge in [-0.15, -0.1) is 0 Å². The molecule has 1 atom stereocenters. The van der Waals surface area contributed by atoms with Gasteiger partial charge in [0.2, 0.25) is 0 Å². The van der Waals surface area contributed by atoms with E-state index in [1.807, 2.05) is 12.1 Å². The molecule has 0 saturated carbocycles. The van der Waals surface area contributed by atoms with Gasteiger partial charge >= 0.3 is 0 Å². The molecule has 98 valence electrons. The van der Waals surface area contributed by atoms with Crippen LogP contribution in [0, 0.1) is 6.92 Å². The fourth-order valence-corrected chi connectivity index (χ4v) is 3.08. The van der Waals surface area contributed by atoms with Crippen LogP contribution >= 0.6 is 11.6 Å². The lowest BCUT2D eigenvalue weighted by Gasteiger charge is -2.33. The zero-order valence-electron chi connectivity index (χ0n) is 11.4. The lowest BCUT2D eigenvalue weighted by Crippen LogP contribution is -2.31. The highest BCUT2D eigenvalue weighted by atomic mass is 35.5. The lowest BCUT2D eigenvalue weighted by molar-refractivity contribution is 0.295. The van der Waals surface area contributed by atoms with Crippen LogP contribution in [-0.4, -0.2) is 18.5 Å². The molecule has 2 heteroatoms. The van der Waals surface area contributed by atoms with Gasteiger partial charge < -0.3 is 4.90 Å². The Balaban J connectivity index is 2.05. The molecule has 1 nitrogen and oxygen atoms in total. The van der Waals surface area contributed by atoms with E-state index in [2.05, 4.69) is 49.2 Å². The summed E-state index contributed by atoms with van der Waals surface area (Å²) in [6, 6.07) is 15.1. The van der Waals surface area contributed by atoms with Crippen molar-refractivity contribution in [2.24, 2.45) is 0 Å². The van der Waals surface area contributed by atoms with Crippen LogP contribution in [0.15, 0.2) is 42.5 Å². The summed E-state index contributed by atoms with van der Waals surface area (Å²) in [4.78, 5) is 2.39. The van der Waals surface area contributed by atoms with Gasteiger partial charge in [-0.2, -0.15) is 0 Å². The summed E-state index contributed by atoms with van der Waals surface area (Å²) < 4.78 is 0. The van der Waals surface area contributed by atoms with E-state index in [0.717, 1.165) is 18.1 Å². The van der Waals surface area contributed by atoms with Gasteiger partial charge in [-0.25, -0.2) is 0 Å². The highest BCUT2D eigenvalue weighted by molar-refractivity contribution is 6.30. The fraction of sp³-hybridized carbons (Fsp3) is 0.294. The predicted octanol–water partition coefficient (Wildman–Crippen LogP) is 4.23. The van der Waals surface area contributed by atoms with Gasteiger partial charge in [0.15, 0.2) is 0 Å². The highest BCUT2D eigenvalue weighted by Crippen LogP contribution is 2.33. The minimum Gasteiger partial charge on any atom is -0.301 e. The predicted molar refractivity (Wildman–Crippen MR) is 80.8 cm³/mol. The van der Waals surface area contributed by atoms with E-state index in [1.165, 1.54) is 22.3 Å². The molecule has 3 rings (SSSR count). The van der Waals surface area contributed by atoms with Gasteiger partial charge in [-0.3, -0.25) is 0 Å². The molecular weight excluding hydrogens is 254 g/mol. The van der Waals surface area contributed by atoms with E-state index in [1.54, 1.807) is 0 Å². The molecule has 0 fully saturated rings. The Morgan fingerprint density at radius 2 is 1.84 bits per heavy atom. The number of hydrogen-bond donors (Lipinski definition) is 0. The minimum atomic E-state index is 0.451. The Morgan fingerprint density at radius 3 is 2.58 bits per heavy atom. The van der Waals surface area contributed by atoms with Crippen molar-refractivity contribution in [3.8, 4) is 0 Å². The van der Waals surface area contributed by atoms with Crippen LogP contribution in [0.5, 0.6) is 0 Å². The first-order chi connectivity index (χ1) is 9.13. The normalized spacial score (nSPS) is 19.2. The molecule has 0 unspecified atom stereocenters. The number of likely N-dealkylation sites (N-methyl/N-ethyl adjacent to an activating group) is 1. The molecule has 2 aromatic rings. The van der Waals surface area contributed by atoms with Crippen molar-refractivity contribution in [3.05, 3.63) is 69.7 Å². The van der Waals surface area contributed by atoms with Crippen molar-refractivity contribution in [2.45, 2.75) is 19.4 Å². The summed E-state index contributed by atoms with van der Waals surface area (Å²) in [5.41, 5.74) is 5.60. The van der Waals surface area contributed by atoms with E-state index < -0.39 is 0 Å². The molecule has 0 N–H and O–H groups in total. The molecular formula is C17H18ClN. The SMILES string of the molecule is Cc1ccc2c(c1)CN(C)C[C@H]2c1ccc(Cl)cc1. The quantitative estimate of drug-likeness (QED) is 0.750. The Morgan fingerprint density at radius 1 is 1.11 bits per heavy atom. The second-order valence-corrected chi connectivity index (χ2v) is 5.94. The van der Waals surface area contributed by atoms with Crippen molar-refractivity contribution in [3.63, 3.8) is 0 Å². The van der Waals surface area contributed by atoms with E-state index in [4.69, 9.17) is 11.6 Å². The van der Waals surface area contributed by atoms with Crippen LogP contribution in [0.3, 0.4) is 0 Å². The van der Waals surface area contributed by atoms with Crippen LogP contribution in [0.1, 0.15) is 28.2 Å². The molecule has 0 bridgehead atoms. The maximum atomic E-state index is 5.99. The summed E-state index contributed by atoms with van der Waals surface area (Å²) in [5, 5.41) is 0.803. The van der Waals surface area contributed by atoms with Gasteiger partial charge in [0, 0.05) is 24.0 Å². The number of hydrogen-bond acceptors (Lipinski definition) is 1. The van der Waals surface area contributed by atoms with E-state index in [9.17, 15) is 0 Å². The summed E-state index contributed by atoms with van der Waals surface area (Å²) in [7, 11) is 2.19. The number of fused-ring (bicyclic) bond motifs is 1. The van der Waals surface area contributed by atoms with Gasteiger partial charge in [0.25, 0.3) is 0 Å². The van der Waals surface area contributed by atoms with Crippen LogP contribution in [-0.2, 0) is 6.54 Å². The third-order valence-electron chi connectivity index (χ3n) is 3.88. The van der Waals surface area contributed by atoms with E-state index in [0.29, 0.717) is 5.92 Å². The molecule has 0 saturated heterocycles. The van der Waals surface area contributed by atoms with Crippen LogP contribution < -0.4 is 0 Å². The van der Waals surface area contributed by atoms with Crippen molar-refractivity contribution in [1.29, 1.82) is 0 Å². The minimum absolute atomic E-state index is 0.451. The van der Waals surface area contributed by atoms with Crippen LogP contribution in [0.25, 0.3) is 0 Å². The molecule has 0 spiro atoms. The number of rotatable bonds is 1. The summed E-state index contributed by atoms with van der Waals surface area (Å²) in [6.07, 6.45) is 0. The Labute approximate surface area is 119 Å². The average molecular weight is 272 g/mol. The van der Waals surface area contributed by atoms with Crippen LogP contribution in [0.4, 0.5) is 0 Å². The Bertz CT molecular complexity index is 589. The first kappa shape index (κ1) is 12.7. The second-order valence-electron chi connectivity index (χ2n) is 5.50. The van der Waals surface area contributed by atoms with Gasteiger partial charge in [-0.1, -0.05) is 47.5 Å². The van der Waals surface area contributed by atoms with Gasteiger partial charge in [0.05, 0.1) is 0 Å². The topological polar surface area (TPSA) is 3.24 Å². The maximum absolute atomic E-state index is 5.99. The van der Waals surface area contributed by atoms with E-state index >= 15 is 0 Å². The Hall–Kier alpha value is -1.31. The molecule has 1 heterocycles. The third-order valence-corrected chi connectivity index (χ3v) is 4.13. The maximum Gasteiger partial charge on any atom is 0.0406 e. The molecule has 0 amide bonds. The monoisotopic (exact) mass is 271 g/mol. The number of aryl methyl sites for hydroxylation is 1. The largest absolute Gasteiger partial charge is 0.301 e. The third kappa shape index (κ3) is 2.54. The van der Waals surface area contributed by atoms with E-state index in [-0.39, 0.29) is 0 Å². The van der Waals surface area contributed by atoms with Crippen molar-refractivity contribution in [2.75, 3.05) is 13.6 Å². The highest BCUT2D eigenvalue weighted by Gasteiger charge is 2.24. The fourth-order valence-electron chi connectivity index (χ4n) is 2.96. The second kappa shape index (κ2) is 4.99. The average Bonchev–Trinajstić information content (AvgIpc) is 2.38. The zero-order chi connectivity index (χ0) is 13.4. The molecule has 19 heavy (non-hydrogen) atoms. The van der Waals surface area contributed by atoms with Crippen molar-refractivity contribution in [1.82, 2.24) is 4.90 Å². The zero-order valence-corrected chi connectivity index (χ0v) is 12.1. The molecule has 0 aromatic heterocycles. The summed E-state index contributed by atoms with van der Waals surface area (Å²) >= 11 is 5.99. The molecule has 1 aliphatic heterocycles. The van der Waals surface area contributed by atoms with Gasteiger partial charge in [-0.05, 0) is 42.8 Å². The standard InChI is InChI=1S/C17H18ClN/c1-12-3-8-16-14(9-12)10-19(2)11-17(16)13-4-6-15(18)7-5-13/h3-9,17H,10-11H2,1-2H3/t17-/m0/s1. The number of nitrogens with zero attached hydrogens (tertiary/aromatic N) is 1. The first-order valence-electron chi connectivity index (χ1n) is 6.67. The molecule has 0 aliphatic carbocycles. The first-order valence-corrected chi connectivity index (χ1v) is 7.05. The number of halogens is 1. The summed E-state index contributed by atoms with van der Waals surface area (Å²) in [5.74, 6) is 0.451. The summed E-state index contributed by atoms with van der Waals surface area (Å²) in [6.45, 7) is 4.27. The Kier molecular flexibility index (Phi) is 3.34. The molecule has 0 radical (unpaired) electrons. The van der Waals surface area contributed by atoms with Crippen LogP contribution in [0.2, 0.25) is 5.02 Å². The van der Waals surface area contributed by atoms with Gasteiger partial charge in [0.1, 0.15) is 0 Å². The molecule has 2 aromatic carbocycles. The molecule has 1 aliphatic rings. The smallest absolute Gasteiger partial charge is 0.0406 e. The van der Waals surface area contributed by atoms with Crippen molar-refractivity contribution >= 4 is 11.6 Å². The van der Waals surface area contributed by atoms with Crippen molar-refractivity contribution < 1.29 is 0 Å².